The van der Waals surface area contributed by atoms with Crippen LogP contribution in [0.1, 0.15) is 30.1 Å². The quantitative estimate of drug-likeness (QED) is 0.494. The average Bonchev–Trinajstić information content (AvgIpc) is 3.39. The molecule has 32 heavy (non-hydrogen) atoms. The molecule has 170 valence electrons. The zero-order chi connectivity index (χ0) is 22.9. The lowest BCUT2D eigenvalue weighted by Crippen LogP contribution is -2.43. The number of rotatable bonds is 6. The monoisotopic (exact) mass is 513 g/mol. The highest BCUT2D eigenvalue weighted by molar-refractivity contribution is 7.91. The van der Waals surface area contributed by atoms with Crippen molar-refractivity contribution in [3.8, 4) is 0 Å². The summed E-state index contributed by atoms with van der Waals surface area (Å²) in [4.78, 5) is 29.2. The summed E-state index contributed by atoms with van der Waals surface area (Å²) in [5.74, 6) is -1.18. The van der Waals surface area contributed by atoms with E-state index in [2.05, 4.69) is 10.3 Å². The first kappa shape index (κ1) is 23.1. The van der Waals surface area contributed by atoms with E-state index in [-0.39, 0.29) is 23.3 Å². The fraction of sp³-hybridized carbons (Fsp3) is 0.350. The number of aromatic nitrogens is 1. The molecule has 8 nitrogen and oxygen atoms in total. The van der Waals surface area contributed by atoms with Crippen LogP contribution in [-0.4, -0.2) is 49.3 Å². The van der Waals surface area contributed by atoms with Gasteiger partial charge in [0.2, 0.25) is 5.91 Å². The van der Waals surface area contributed by atoms with E-state index >= 15 is 0 Å². The van der Waals surface area contributed by atoms with Crippen LogP contribution in [0.5, 0.6) is 0 Å². The molecule has 1 unspecified atom stereocenters. The number of amides is 1. The van der Waals surface area contributed by atoms with Gasteiger partial charge in [0.05, 0.1) is 32.6 Å². The molecule has 1 aliphatic rings. The largest absolute Gasteiger partial charge is 0.462 e. The molecule has 1 aromatic carbocycles. The number of esters is 1. The summed E-state index contributed by atoms with van der Waals surface area (Å²) in [5, 5.41) is 3.20. The van der Waals surface area contributed by atoms with E-state index in [1.54, 1.807) is 31.2 Å². The number of thiophene rings is 1. The number of sulfonamides is 1. The van der Waals surface area contributed by atoms with E-state index in [0.717, 1.165) is 16.0 Å². The van der Waals surface area contributed by atoms with Crippen molar-refractivity contribution in [2.24, 2.45) is 5.92 Å². The minimum Gasteiger partial charge on any atom is -0.462 e. The van der Waals surface area contributed by atoms with Crippen molar-refractivity contribution in [3.63, 3.8) is 0 Å². The highest BCUT2D eigenvalue weighted by Gasteiger charge is 2.34. The number of fused-ring (bicyclic) bond motifs is 1. The van der Waals surface area contributed by atoms with E-state index in [1.165, 1.54) is 21.7 Å². The van der Waals surface area contributed by atoms with Crippen molar-refractivity contribution in [3.05, 3.63) is 40.2 Å². The fourth-order valence-corrected chi connectivity index (χ4v) is 7.53. The van der Waals surface area contributed by atoms with Gasteiger partial charge in [-0.2, -0.15) is 4.31 Å². The number of benzene rings is 1. The Morgan fingerprint density at radius 2 is 2.09 bits per heavy atom. The van der Waals surface area contributed by atoms with E-state index < -0.39 is 21.9 Å². The molecule has 1 fully saturated rings. The maximum Gasteiger partial charge on any atom is 0.338 e. The molecule has 4 rings (SSSR count). The molecular formula is C20H20ClN3O5S3. The summed E-state index contributed by atoms with van der Waals surface area (Å²) in [6.07, 6.45) is 1.17. The van der Waals surface area contributed by atoms with Gasteiger partial charge in [-0.3, -0.25) is 4.79 Å². The summed E-state index contributed by atoms with van der Waals surface area (Å²) in [7, 11) is -3.69. The topological polar surface area (TPSA) is 106 Å². The molecule has 1 saturated heterocycles. The van der Waals surface area contributed by atoms with Gasteiger partial charge in [0.25, 0.3) is 10.0 Å². The number of carbonyl (C=O) groups is 2. The van der Waals surface area contributed by atoms with Crippen LogP contribution in [0.15, 0.2) is 34.5 Å². The van der Waals surface area contributed by atoms with Crippen LogP contribution in [0.25, 0.3) is 10.2 Å². The Kier molecular flexibility index (Phi) is 6.82. The van der Waals surface area contributed by atoms with Crippen LogP contribution in [-0.2, 0) is 19.6 Å². The van der Waals surface area contributed by atoms with Crippen molar-refractivity contribution in [2.45, 2.75) is 24.0 Å². The summed E-state index contributed by atoms with van der Waals surface area (Å²) in [5.41, 5.74) is 1.07. The van der Waals surface area contributed by atoms with Crippen LogP contribution in [0.3, 0.4) is 0 Å². The van der Waals surface area contributed by atoms with Crippen LogP contribution >= 0.6 is 34.3 Å². The summed E-state index contributed by atoms with van der Waals surface area (Å²) in [6, 6.07) is 8.05. The second-order valence-electron chi connectivity index (χ2n) is 7.17. The number of ether oxygens (including phenoxy) is 1. The first-order valence-corrected chi connectivity index (χ1v) is 13.4. The molecule has 12 heteroatoms. The second kappa shape index (κ2) is 9.44. The van der Waals surface area contributed by atoms with Crippen molar-refractivity contribution in [1.82, 2.24) is 9.29 Å². The zero-order valence-corrected chi connectivity index (χ0v) is 20.2. The third-order valence-electron chi connectivity index (χ3n) is 5.03. The standard InChI is InChI=1S/C20H20ClN3O5S3/c1-2-29-19(26)12-5-6-14-15(10-12)30-20(22-14)23-18(25)13-4-3-9-24(11-13)32(27,28)17-8-7-16(21)31-17/h5-8,10,13H,2-4,9,11H2,1H3,(H,22,23,25). The lowest BCUT2D eigenvalue weighted by molar-refractivity contribution is -0.120. The predicted octanol–water partition coefficient (Wildman–Crippen LogP) is 4.23. The maximum atomic E-state index is 12.9. The third-order valence-corrected chi connectivity index (χ3v) is 9.52. The Morgan fingerprint density at radius 1 is 1.28 bits per heavy atom. The maximum absolute atomic E-state index is 12.9. The first-order valence-electron chi connectivity index (χ1n) is 9.92. The molecular weight excluding hydrogens is 494 g/mol. The first-order chi connectivity index (χ1) is 15.3. The van der Waals surface area contributed by atoms with E-state index in [4.69, 9.17) is 16.3 Å². The molecule has 0 saturated carbocycles. The highest BCUT2D eigenvalue weighted by Crippen LogP contribution is 2.32. The predicted molar refractivity (Wildman–Crippen MR) is 125 cm³/mol. The number of halogens is 1. The number of nitrogens with one attached hydrogen (secondary N) is 1. The molecule has 2 aromatic heterocycles. The number of piperidine rings is 1. The Morgan fingerprint density at radius 3 is 2.81 bits per heavy atom. The number of hydrogen-bond donors (Lipinski definition) is 1. The van der Waals surface area contributed by atoms with Gasteiger partial charge in [-0.15, -0.1) is 11.3 Å². The Hall–Kier alpha value is -2.05. The smallest absolute Gasteiger partial charge is 0.338 e. The summed E-state index contributed by atoms with van der Waals surface area (Å²) in [6.45, 7) is 2.49. The lowest BCUT2D eigenvalue weighted by Gasteiger charge is -2.30. The second-order valence-corrected chi connectivity index (χ2v) is 12.1. The minimum atomic E-state index is -3.69. The molecule has 1 atom stereocenters. The zero-order valence-electron chi connectivity index (χ0n) is 17.0. The summed E-state index contributed by atoms with van der Waals surface area (Å²) < 4.78 is 33.4. The Balaban J connectivity index is 1.46. The molecule has 1 N–H and O–H groups in total. The van der Waals surface area contributed by atoms with E-state index in [9.17, 15) is 18.0 Å². The van der Waals surface area contributed by atoms with Crippen molar-refractivity contribution in [1.29, 1.82) is 0 Å². The number of thiazole rings is 1. The van der Waals surface area contributed by atoms with Crippen molar-refractivity contribution in [2.75, 3.05) is 25.0 Å². The minimum absolute atomic E-state index is 0.0988. The van der Waals surface area contributed by atoms with E-state index in [1.807, 2.05) is 0 Å². The molecule has 0 radical (unpaired) electrons. The lowest BCUT2D eigenvalue weighted by atomic mass is 9.99. The molecule has 0 aliphatic carbocycles. The van der Waals surface area contributed by atoms with Crippen LogP contribution in [0, 0.1) is 5.92 Å². The van der Waals surface area contributed by atoms with Gasteiger partial charge in [-0.05, 0) is 50.1 Å². The SMILES string of the molecule is CCOC(=O)c1ccc2nc(NC(=O)C3CCCN(S(=O)(=O)c4ccc(Cl)s4)C3)sc2c1. The molecule has 1 amide bonds. The number of anilines is 1. The molecule has 3 aromatic rings. The third kappa shape index (κ3) is 4.81. The molecule has 0 spiro atoms. The van der Waals surface area contributed by atoms with Crippen molar-refractivity contribution >= 4 is 71.5 Å². The fourth-order valence-electron chi connectivity index (χ4n) is 3.47. The van der Waals surface area contributed by atoms with Crippen molar-refractivity contribution < 1.29 is 22.7 Å². The normalized spacial score (nSPS) is 17.4. The van der Waals surface area contributed by atoms with E-state index in [0.29, 0.717) is 39.9 Å². The number of nitrogens with zero attached hydrogens (tertiary/aromatic N) is 2. The summed E-state index contributed by atoms with van der Waals surface area (Å²) >= 11 is 8.14. The highest BCUT2D eigenvalue weighted by atomic mass is 35.5. The van der Waals surface area contributed by atoms with Crippen LogP contribution in [0.4, 0.5) is 5.13 Å². The van der Waals surface area contributed by atoms with Gasteiger partial charge in [-0.25, -0.2) is 18.2 Å². The van der Waals surface area contributed by atoms with Crippen LogP contribution < -0.4 is 5.32 Å². The number of carbonyl (C=O) groups excluding carboxylic acids is 2. The number of hydrogen-bond acceptors (Lipinski definition) is 8. The van der Waals surface area contributed by atoms with Crippen LogP contribution in [0.2, 0.25) is 4.34 Å². The molecule has 0 bridgehead atoms. The van der Waals surface area contributed by atoms with Gasteiger partial charge in [0, 0.05) is 13.1 Å². The Labute approximate surface area is 198 Å². The average molecular weight is 514 g/mol. The van der Waals surface area contributed by atoms with Gasteiger partial charge in [-0.1, -0.05) is 22.9 Å². The molecule has 1 aliphatic heterocycles. The van der Waals surface area contributed by atoms with Gasteiger partial charge < -0.3 is 10.1 Å². The van der Waals surface area contributed by atoms with Gasteiger partial charge in [0.1, 0.15) is 4.21 Å². The van der Waals surface area contributed by atoms with Gasteiger partial charge in [0.15, 0.2) is 5.13 Å². The van der Waals surface area contributed by atoms with Gasteiger partial charge >= 0.3 is 5.97 Å². The Bertz CT molecular complexity index is 1270. The molecule has 3 heterocycles.